The first-order valence-corrected chi connectivity index (χ1v) is 6.67. The second-order valence-electron chi connectivity index (χ2n) is 4.71. The minimum Gasteiger partial charge on any atom is -0.350 e. The van der Waals surface area contributed by atoms with E-state index >= 15 is 0 Å². The van der Waals surface area contributed by atoms with Gasteiger partial charge in [-0.15, -0.1) is 0 Å². The maximum absolute atomic E-state index is 11.7. The van der Waals surface area contributed by atoms with Gasteiger partial charge in [0, 0.05) is 17.5 Å². The van der Waals surface area contributed by atoms with Crippen molar-refractivity contribution in [1.29, 1.82) is 0 Å². The van der Waals surface area contributed by atoms with E-state index in [0.29, 0.717) is 11.4 Å². The van der Waals surface area contributed by atoms with E-state index < -0.39 is 0 Å². The van der Waals surface area contributed by atoms with Crippen LogP contribution in [0.5, 0.6) is 0 Å². The molecule has 0 aliphatic rings. The fourth-order valence-electron chi connectivity index (χ4n) is 1.76. The monoisotopic (exact) mass is 268 g/mol. The predicted octanol–water partition coefficient (Wildman–Crippen LogP) is 3.03. The molecule has 100 valence electrons. The third-order valence-electron chi connectivity index (χ3n) is 2.79. The number of hydrogen-bond donors (Lipinski definition) is 2. The molecule has 0 aliphatic heterocycles. The summed E-state index contributed by atoms with van der Waals surface area (Å²) in [6, 6.07) is 7.67. The fraction of sp³-hybridized carbons (Fsp3) is 0.500. The lowest BCUT2D eigenvalue weighted by Crippen LogP contribution is -2.26. The van der Waals surface area contributed by atoms with Gasteiger partial charge in [-0.05, 0) is 44.4 Å². The van der Waals surface area contributed by atoms with Crippen LogP contribution in [0.1, 0.15) is 44.7 Å². The Bertz CT molecular complexity index is 393. The SMILES string of the molecule is CC(N)CCCC(=O)N[C@@H](C)c1cccc(Cl)c1. The highest BCUT2D eigenvalue weighted by Gasteiger charge is 2.09. The predicted molar refractivity (Wildman–Crippen MR) is 75.5 cm³/mol. The number of carbonyl (C=O) groups excluding carboxylic acids is 1. The molecule has 0 radical (unpaired) electrons. The molecule has 0 aliphatic carbocycles. The van der Waals surface area contributed by atoms with E-state index in [1.807, 2.05) is 38.1 Å². The van der Waals surface area contributed by atoms with Gasteiger partial charge in [-0.2, -0.15) is 0 Å². The van der Waals surface area contributed by atoms with Crippen LogP contribution in [0.15, 0.2) is 24.3 Å². The lowest BCUT2D eigenvalue weighted by atomic mass is 10.1. The number of nitrogens with one attached hydrogen (secondary N) is 1. The molecule has 0 saturated heterocycles. The van der Waals surface area contributed by atoms with Gasteiger partial charge in [0.1, 0.15) is 0 Å². The van der Waals surface area contributed by atoms with E-state index in [1.54, 1.807) is 0 Å². The highest BCUT2D eigenvalue weighted by Crippen LogP contribution is 2.17. The van der Waals surface area contributed by atoms with E-state index in [9.17, 15) is 4.79 Å². The van der Waals surface area contributed by atoms with Gasteiger partial charge in [-0.1, -0.05) is 23.7 Å². The van der Waals surface area contributed by atoms with Crippen LogP contribution in [0.2, 0.25) is 5.02 Å². The van der Waals surface area contributed by atoms with Crippen LogP contribution in [0.3, 0.4) is 0 Å². The average Bonchev–Trinajstić information content (AvgIpc) is 2.28. The molecule has 1 amide bonds. The van der Waals surface area contributed by atoms with Gasteiger partial charge in [0.15, 0.2) is 0 Å². The molecule has 0 spiro atoms. The number of rotatable bonds is 6. The molecule has 0 fully saturated rings. The van der Waals surface area contributed by atoms with Gasteiger partial charge in [-0.25, -0.2) is 0 Å². The summed E-state index contributed by atoms with van der Waals surface area (Å²) in [7, 11) is 0. The molecule has 3 N–H and O–H groups in total. The summed E-state index contributed by atoms with van der Waals surface area (Å²) in [5, 5.41) is 3.64. The highest BCUT2D eigenvalue weighted by atomic mass is 35.5. The maximum atomic E-state index is 11.7. The Morgan fingerprint density at radius 3 is 2.78 bits per heavy atom. The number of benzene rings is 1. The number of nitrogens with two attached hydrogens (primary N) is 1. The van der Waals surface area contributed by atoms with Gasteiger partial charge in [0.2, 0.25) is 5.91 Å². The van der Waals surface area contributed by atoms with Crippen molar-refractivity contribution in [2.45, 2.75) is 45.2 Å². The van der Waals surface area contributed by atoms with Crippen molar-refractivity contribution in [3.05, 3.63) is 34.9 Å². The number of halogens is 1. The van der Waals surface area contributed by atoms with Crippen LogP contribution in [-0.2, 0) is 4.79 Å². The van der Waals surface area contributed by atoms with Crippen molar-refractivity contribution in [2.75, 3.05) is 0 Å². The van der Waals surface area contributed by atoms with Crippen LogP contribution in [-0.4, -0.2) is 11.9 Å². The third kappa shape index (κ3) is 5.52. The van der Waals surface area contributed by atoms with E-state index in [-0.39, 0.29) is 18.0 Å². The second kappa shape index (κ2) is 7.39. The minimum absolute atomic E-state index is 0.0218. The van der Waals surface area contributed by atoms with Gasteiger partial charge in [0.05, 0.1) is 6.04 Å². The average molecular weight is 269 g/mol. The third-order valence-corrected chi connectivity index (χ3v) is 3.02. The Balaban J connectivity index is 2.40. The van der Waals surface area contributed by atoms with Crippen LogP contribution in [0.4, 0.5) is 0 Å². The first-order chi connectivity index (χ1) is 8.49. The lowest BCUT2D eigenvalue weighted by molar-refractivity contribution is -0.121. The summed E-state index contributed by atoms with van der Waals surface area (Å²) >= 11 is 5.92. The first-order valence-electron chi connectivity index (χ1n) is 6.29. The van der Waals surface area contributed by atoms with Gasteiger partial charge in [-0.3, -0.25) is 4.79 Å². The van der Waals surface area contributed by atoms with Gasteiger partial charge >= 0.3 is 0 Å². The lowest BCUT2D eigenvalue weighted by Gasteiger charge is -2.14. The Morgan fingerprint density at radius 2 is 2.17 bits per heavy atom. The van der Waals surface area contributed by atoms with Crippen LogP contribution >= 0.6 is 11.6 Å². The van der Waals surface area contributed by atoms with Crippen LogP contribution < -0.4 is 11.1 Å². The normalized spacial score (nSPS) is 14.0. The highest BCUT2D eigenvalue weighted by molar-refractivity contribution is 6.30. The Kier molecular flexibility index (Phi) is 6.16. The zero-order valence-electron chi connectivity index (χ0n) is 10.9. The first kappa shape index (κ1) is 15.0. The summed E-state index contributed by atoms with van der Waals surface area (Å²) in [4.78, 5) is 11.7. The summed E-state index contributed by atoms with van der Waals surface area (Å²) in [5.74, 6) is 0.0584. The molecule has 1 unspecified atom stereocenters. The van der Waals surface area contributed by atoms with Crippen molar-refractivity contribution >= 4 is 17.5 Å². The van der Waals surface area contributed by atoms with E-state index in [4.69, 9.17) is 17.3 Å². The molecule has 4 heteroatoms. The maximum Gasteiger partial charge on any atom is 0.220 e. The van der Waals surface area contributed by atoms with Crippen molar-refractivity contribution in [2.24, 2.45) is 5.73 Å². The molecular formula is C14H21ClN2O. The zero-order valence-corrected chi connectivity index (χ0v) is 11.7. The zero-order chi connectivity index (χ0) is 13.5. The Labute approximate surface area is 114 Å². The van der Waals surface area contributed by atoms with Gasteiger partial charge < -0.3 is 11.1 Å². The van der Waals surface area contributed by atoms with Crippen LogP contribution in [0, 0.1) is 0 Å². The van der Waals surface area contributed by atoms with Crippen molar-refractivity contribution in [3.8, 4) is 0 Å². The van der Waals surface area contributed by atoms with E-state index in [0.717, 1.165) is 18.4 Å². The molecule has 0 aromatic heterocycles. The summed E-state index contributed by atoms with van der Waals surface area (Å²) in [5.41, 5.74) is 6.66. The van der Waals surface area contributed by atoms with Crippen molar-refractivity contribution < 1.29 is 4.79 Å². The minimum atomic E-state index is -0.0218. The molecule has 0 saturated carbocycles. The summed E-state index contributed by atoms with van der Waals surface area (Å²) in [6.45, 7) is 3.90. The van der Waals surface area contributed by atoms with E-state index in [1.165, 1.54) is 0 Å². The Morgan fingerprint density at radius 1 is 1.44 bits per heavy atom. The molecule has 2 atom stereocenters. The molecular weight excluding hydrogens is 248 g/mol. The summed E-state index contributed by atoms with van der Waals surface area (Å²) in [6.07, 6.45) is 2.22. The Hall–Kier alpha value is -1.06. The number of hydrogen-bond acceptors (Lipinski definition) is 2. The largest absolute Gasteiger partial charge is 0.350 e. The van der Waals surface area contributed by atoms with Gasteiger partial charge in [0.25, 0.3) is 0 Å². The summed E-state index contributed by atoms with van der Waals surface area (Å²) < 4.78 is 0. The van der Waals surface area contributed by atoms with E-state index in [2.05, 4.69) is 5.32 Å². The molecule has 3 nitrogen and oxygen atoms in total. The topological polar surface area (TPSA) is 55.1 Å². The quantitative estimate of drug-likeness (QED) is 0.833. The molecule has 18 heavy (non-hydrogen) atoms. The number of carbonyl (C=O) groups is 1. The molecule has 1 rings (SSSR count). The molecule has 1 aromatic carbocycles. The van der Waals surface area contributed by atoms with Crippen LogP contribution in [0.25, 0.3) is 0 Å². The number of amides is 1. The van der Waals surface area contributed by atoms with Crippen molar-refractivity contribution in [1.82, 2.24) is 5.32 Å². The smallest absolute Gasteiger partial charge is 0.220 e. The van der Waals surface area contributed by atoms with Crippen molar-refractivity contribution in [3.63, 3.8) is 0 Å². The fourth-order valence-corrected chi connectivity index (χ4v) is 1.96. The molecule has 0 bridgehead atoms. The second-order valence-corrected chi connectivity index (χ2v) is 5.15. The molecule has 1 aromatic rings. The standard InChI is InChI=1S/C14H21ClN2O/c1-10(16)5-3-8-14(18)17-11(2)12-6-4-7-13(15)9-12/h4,6-7,9-11H,3,5,8,16H2,1-2H3,(H,17,18)/t10?,11-/m0/s1. The molecule has 0 heterocycles.